The molecule has 1 aromatic carbocycles. The van der Waals surface area contributed by atoms with Gasteiger partial charge >= 0.3 is 0 Å². The summed E-state index contributed by atoms with van der Waals surface area (Å²) in [5, 5.41) is 4.26. The van der Waals surface area contributed by atoms with E-state index in [2.05, 4.69) is 25.2 Å². The normalized spacial score (nSPS) is 29.4. The van der Waals surface area contributed by atoms with Crippen LogP contribution in [0.1, 0.15) is 51.5 Å². The van der Waals surface area contributed by atoms with Crippen LogP contribution in [0, 0.1) is 11.8 Å². The molecule has 3 atom stereocenters. The highest BCUT2D eigenvalue weighted by atomic mass is 35.5. The van der Waals surface area contributed by atoms with Crippen molar-refractivity contribution in [1.29, 1.82) is 0 Å². The molecule has 2 fully saturated rings. The van der Waals surface area contributed by atoms with Gasteiger partial charge in [-0.15, -0.1) is 0 Å². The zero-order valence-electron chi connectivity index (χ0n) is 13.1. The first kappa shape index (κ1) is 15.2. The molecule has 0 aliphatic heterocycles. The zero-order chi connectivity index (χ0) is 14.8. The lowest BCUT2D eigenvalue weighted by molar-refractivity contribution is 0.101. The monoisotopic (exact) mass is 307 g/mol. The number of hydrogen-bond donors (Lipinski definition) is 1. The molecule has 2 saturated carbocycles. The van der Waals surface area contributed by atoms with Crippen LogP contribution < -0.4 is 10.1 Å². The Bertz CT molecular complexity index is 486. The third-order valence-corrected chi connectivity index (χ3v) is 5.31. The molecule has 21 heavy (non-hydrogen) atoms. The van der Waals surface area contributed by atoms with Crippen LogP contribution in [-0.4, -0.2) is 12.1 Å². The second-order valence-corrected chi connectivity index (χ2v) is 7.33. The summed E-state index contributed by atoms with van der Waals surface area (Å²) < 4.78 is 6.15. The van der Waals surface area contributed by atoms with Gasteiger partial charge in [-0.2, -0.15) is 0 Å². The summed E-state index contributed by atoms with van der Waals surface area (Å²) in [5.41, 5.74) is 1.24. The van der Waals surface area contributed by atoms with Crippen LogP contribution >= 0.6 is 11.6 Å². The van der Waals surface area contributed by atoms with Gasteiger partial charge in [-0.25, -0.2) is 0 Å². The molecule has 3 heteroatoms. The highest BCUT2D eigenvalue weighted by Gasteiger charge is 2.26. The Morgan fingerprint density at radius 2 is 1.95 bits per heavy atom. The second-order valence-electron chi connectivity index (χ2n) is 6.93. The van der Waals surface area contributed by atoms with Gasteiger partial charge in [-0.1, -0.05) is 31.5 Å². The van der Waals surface area contributed by atoms with Crippen molar-refractivity contribution in [2.75, 3.05) is 0 Å². The largest absolute Gasteiger partial charge is 0.489 e. The number of nitrogens with one attached hydrogen (secondary N) is 1. The van der Waals surface area contributed by atoms with Crippen molar-refractivity contribution in [3.8, 4) is 5.75 Å². The summed E-state index contributed by atoms with van der Waals surface area (Å²) in [7, 11) is 0. The van der Waals surface area contributed by atoms with Gasteiger partial charge in [-0.05, 0) is 61.6 Å². The molecule has 2 aliphatic carbocycles. The van der Waals surface area contributed by atoms with Crippen LogP contribution in [0.25, 0.3) is 0 Å². The summed E-state index contributed by atoms with van der Waals surface area (Å²) in [6.07, 6.45) is 6.49. The van der Waals surface area contributed by atoms with Gasteiger partial charge in [0.25, 0.3) is 0 Å². The van der Waals surface area contributed by atoms with E-state index in [1.807, 2.05) is 12.1 Å². The van der Waals surface area contributed by atoms with E-state index in [9.17, 15) is 0 Å². The van der Waals surface area contributed by atoms with Gasteiger partial charge < -0.3 is 10.1 Å². The first-order valence-corrected chi connectivity index (χ1v) is 8.68. The molecule has 3 rings (SSSR count). The molecule has 0 heterocycles. The molecular weight excluding hydrogens is 282 g/mol. The van der Waals surface area contributed by atoms with E-state index in [-0.39, 0.29) is 0 Å². The summed E-state index contributed by atoms with van der Waals surface area (Å²) >= 11 is 6.39. The topological polar surface area (TPSA) is 21.3 Å². The molecular formula is C18H26ClNO. The van der Waals surface area contributed by atoms with Crippen molar-refractivity contribution in [3.63, 3.8) is 0 Å². The number of halogens is 1. The molecule has 2 aliphatic rings. The average Bonchev–Trinajstić information content (AvgIpc) is 3.27. The van der Waals surface area contributed by atoms with Crippen LogP contribution in [-0.2, 0) is 6.54 Å². The average molecular weight is 308 g/mol. The lowest BCUT2D eigenvalue weighted by Gasteiger charge is -2.32. The maximum Gasteiger partial charge on any atom is 0.138 e. The minimum absolute atomic E-state index is 0.323. The number of hydrogen-bond acceptors (Lipinski definition) is 2. The van der Waals surface area contributed by atoms with Gasteiger partial charge in [0.05, 0.1) is 11.1 Å². The first-order valence-electron chi connectivity index (χ1n) is 8.30. The van der Waals surface area contributed by atoms with E-state index in [0.717, 1.165) is 48.0 Å². The Morgan fingerprint density at radius 1 is 1.14 bits per heavy atom. The fourth-order valence-electron chi connectivity index (χ4n) is 3.08. The zero-order valence-corrected chi connectivity index (χ0v) is 13.8. The molecule has 2 nitrogen and oxygen atoms in total. The fraction of sp³-hybridized carbons (Fsp3) is 0.667. The van der Waals surface area contributed by atoms with E-state index >= 15 is 0 Å². The second kappa shape index (κ2) is 6.58. The predicted molar refractivity (Wildman–Crippen MR) is 87.9 cm³/mol. The minimum Gasteiger partial charge on any atom is -0.489 e. The molecule has 0 spiro atoms. The standard InChI is InChI=1S/C18H26ClNO/c1-12-3-7-16(9-13(12)2)21-18-8-4-14(10-17(18)19)11-20-15-5-6-15/h4,8,10,12-13,15-16,20H,3,5-7,9,11H2,1-2H3. The van der Waals surface area contributed by atoms with Crippen LogP contribution in [0.2, 0.25) is 5.02 Å². The summed E-state index contributed by atoms with van der Waals surface area (Å²) in [5.74, 6) is 2.40. The van der Waals surface area contributed by atoms with Crippen molar-refractivity contribution >= 4 is 11.6 Å². The highest BCUT2D eigenvalue weighted by Crippen LogP contribution is 2.34. The Balaban J connectivity index is 1.57. The third-order valence-electron chi connectivity index (χ3n) is 5.01. The Labute approximate surface area is 133 Å². The third kappa shape index (κ3) is 4.14. The molecule has 0 bridgehead atoms. The maximum atomic E-state index is 6.39. The van der Waals surface area contributed by atoms with E-state index in [0.29, 0.717) is 6.10 Å². The Morgan fingerprint density at radius 3 is 2.62 bits per heavy atom. The van der Waals surface area contributed by atoms with E-state index < -0.39 is 0 Å². The summed E-state index contributed by atoms with van der Waals surface area (Å²) in [6, 6.07) is 6.94. The fourth-order valence-corrected chi connectivity index (χ4v) is 3.33. The highest BCUT2D eigenvalue weighted by molar-refractivity contribution is 6.32. The molecule has 0 aromatic heterocycles. The Hall–Kier alpha value is -0.730. The molecule has 1 aromatic rings. The quantitative estimate of drug-likeness (QED) is 0.844. The van der Waals surface area contributed by atoms with Crippen molar-refractivity contribution in [1.82, 2.24) is 5.32 Å². The van der Waals surface area contributed by atoms with Crippen LogP contribution in [0.15, 0.2) is 18.2 Å². The van der Waals surface area contributed by atoms with E-state index in [4.69, 9.17) is 16.3 Å². The minimum atomic E-state index is 0.323. The Kier molecular flexibility index (Phi) is 4.75. The maximum absolute atomic E-state index is 6.39. The summed E-state index contributed by atoms with van der Waals surface area (Å²) in [6.45, 7) is 5.58. The van der Waals surface area contributed by atoms with E-state index in [1.165, 1.54) is 24.8 Å². The van der Waals surface area contributed by atoms with Crippen LogP contribution in [0.5, 0.6) is 5.75 Å². The van der Waals surface area contributed by atoms with E-state index in [1.54, 1.807) is 0 Å². The molecule has 0 amide bonds. The SMILES string of the molecule is CC1CCC(Oc2ccc(CNC3CC3)cc2Cl)CC1C. The van der Waals surface area contributed by atoms with Gasteiger partial charge in [0.1, 0.15) is 5.75 Å². The number of benzene rings is 1. The van der Waals surface area contributed by atoms with Crippen molar-refractivity contribution in [2.45, 2.75) is 64.6 Å². The predicted octanol–water partition coefficient (Wildman–Crippen LogP) is 4.80. The molecule has 3 unspecified atom stereocenters. The molecule has 1 N–H and O–H groups in total. The van der Waals surface area contributed by atoms with Crippen molar-refractivity contribution < 1.29 is 4.74 Å². The van der Waals surface area contributed by atoms with Crippen LogP contribution in [0.4, 0.5) is 0 Å². The van der Waals surface area contributed by atoms with Gasteiger partial charge in [-0.3, -0.25) is 0 Å². The van der Waals surface area contributed by atoms with Crippen LogP contribution in [0.3, 0.4) is 0 Å². The van der Waals surface area contributed by atoms with Crippen molar-refractivity contribution in [3.05, 3.63) is 28.8 Å². The first-order chi connectivity index (χ1) is 10.1. The lowest BCUT2D eigenvalue weighted by atomic mass is 9.80. The smallest absolute Gasteiger partial charge is 0.138 e. The summed E-state index contributed by atoms with van der Waals surface area (Å²) in [4.78, 5) is 0. The number of ether oxygens (including phenoxy) is 1. The van der Waals surface area contributed by atoms with Gasteiger partial charge in [0.15, 0.2) is 0 Å². The molecule has 116 valence electrons. The number of rotatable bonds is 5. The molecule has 0 saturated heterocycles. The van der Waals surface area contributed by atoms with Gasteiger partial charge in [0, 0.05) is 12.6 Å². The van der Waals surface area contributed by atoms with Gasteiger partial charge in [0.2, 0.25) is 0 Å². The van der Waals surface area contributed by atoms with Crippen molar-refractivity contribution in [2.24, 2.45) is 11.8 Å². The molecule has 0 radical (unpaired) electrons. The lowest BCUT2D eigenvalue weighted by Crippen LogP contribution is -2.28.